The molecule has 0 amide bonds. The van der Waals surface area contributed by atoms with Crippen LogP contribution in [-0.2, 0) is 16.4 Å². The van der Waals surface area contributed by atoms with E-state index in [0.717, 1.165) is 29.1 Å². The van der Waals surface area contributed by atoms with Crippen LogP contribution in [0.25, 0.3) is 11.1 Å². The Bertz CT molecular complexity index is 843. The standard InChI is InChI=1S/C17H22ClN3O2S2/c1-20-7-9-21(10-8-20)25(22,23)11-6-13-12-15(17(19)24-13)14-4-2-3-5-16(14)18/h2-5,12H,6-11,19H2,1H3. The van der Waals surface area contributed by atoms with Crippen LogP contribution in [0.3, 0.4) is 0 Å². The minimum atomic E-state index is -3.23. The average molecular weight is 400 g/mol. The van der Waals surface area contributed by atoms with Gasteiger partial charge in [-0.2, -0.15) is 4.31 Å². The summed E-state index contributed by atoms with van der Waals surface area (Å²) in [5, 5.41) is 1.31. The number of aryl methyl sites for hydroxylation is 1. The number of sulfonamides is 1. The number of piperazine rings is 1. The van der Waals surface area contributed by atoms with Crippen molar-refractivity contribution in [1.82, 2.24) is 9.21 Å². The number of rotatable bonds is 5. The average Bonchev–Trinajstić information content (AvgIpc) is 2.95. The van der Waals surface area contributed by atoms with E-state index in [4.69, 9.17) is 17.3 Å². The van der Waals surface area contributed by atoms with Crippen molar-refractivity contribution in [1.29, 1.82) is 0 Å². The number of nitrogens with zero attached hydrogens (tertiary/aromatic N) is 2. The van der Waals surface area contributed by atoms with Gasteiger partial charge in [-0.05, 0) is 25.6 Å². The Hall–Kier alpha value is -1.12. The van der Waals surface area contributed by atoms with Crippen LogP contribution in [0, 0.1) is 0 Å². The Labute approximate surface area is 158 Å². The maximum Gasteiger partial charge on any atom is 0.214 e. The van der Waals surface area contributed by atoms with Crippen molar-refractivity contribution in [3.05, 3.63) is 40.2 Å². The summed E-state index contributed by atoms with van der Waals surface area (Å²) < 4.78 is 26.7. The highest BCUT2D eigenvalue weighted by Gasteiger charge is 2.25. The molecule has 2 heterocycles. The molecule has 1 aromatic carbocycles. The molecule has 2 N–H and O–H groups in total. The van der Waals surface area contributed by atoms with Crippen LogP contribution in [-0.4, -0.2) is 56.6 Å². The molecule has 8 heteroatoms. The van der Waals surface area contributed by atoms with Crippen LogP contribution in [0.15, 0.2) is 30.3 Å². The van der Waals surface area contributed by atoms with Crippen molar-refractivity contribution < 1.29 is 8.42 Å². The molecule has 0 radical (unpaired) electrons. The topological polar surface area (TPSA) is 66.6 Å². The van der Waals surface area contributed by atoms with Gasteiger partial charge < -0.3 is 10.6 Å². The molecule has 1 aromatic heterocycles. The van der Waals surface area contributed by atoms with Gasteiger partial charge in [-0.25, -0.2) is 8.42 Å². The van der Waals surface area contributed by atoms with Crippen LogP contribution >= 0.6 is 22.9 Å². The van der Waals surface area contributed by atoms with Crippen molar-refractivity contribution in [3.63, 3.8) is 0 Å². The normalized spacial score (nSPS) is 17.0. The maximum absolute atomic E-state index is 12.5. The Morgan fingerprint density at radius 3 is 2.52 bits per heavy atom. The molecule has 0 unspecified atom stereocenters. The minimum absolute atomic E-state index is 0.110. The van der Waals surface area contributed by atoms with Crippen molar-refractivity contribution in [2.75, 3.05) is 44.7 Å². The Morgan fingerprint density at radius 1 is 1.16 bits per heavy atom. The summed E-state index contributed by atoms with van der Waals surface area (Å²) in [7, 11) is -1.23. The van der Waals surface area contributed by atoms with Gasteiger partial charge in [0, 0.05) is 47.2 Å². The summed E-state index contributed by atoms with van der Waals surface area (Å²) >= 11 is 7.68. The molecule has 2 aromatic rings. The second kappa shape index (κ2) is 7.63. The van der Waals surface area contributed by atoms with E-state index in [1.165, 1.54) is 11.3 Å². The van der Waals surface area contributed by atoms with E-state index in [1.807, 2.05) is 37.4 Å². The molecular formula is C17H22ClN3O2S2. The molecule has 3 rings (SSSR count). The molecule has 0 saturated carbocycles. The third kappa shape index (κ3) is 4.35. The molecule has 1 aliphatic heterocycles. The second-order valence-corrected chi connectivity index (χ2v) is 9.90. The predicted octanol–water partition coefficient (Wildman–Crippen LogP) is 2.77. The van der Waals surface area contributed by atoms with Gasteiger partial charge in [-0.15, -0.1) is 11.3 Å². The molecule has 136 valence electrons. The summed E-state index contributed by atoms with van der Waals surface area (Å²) in [6.45, 7) is 2.69. The summed E-state index contributed by atoms with van der Waals surface area (Å²) in [5.41, 5.74) is 7.89. The molecule has 5 nitrogen and oxygen atoms in total. The van der Waals surface area contributed by atoms with Gasteiger partial charge in [0.15, 0.2) is 0 Å². The van der Waals surface area contributed by atoms with Gasteiger partial charge in [0.25, 0.3) is 0 Å². The van der Waals surface area contributed by atoms with Crippen LogP contribution in [0.1, 0.15) is 4.88 Å². The number of nitrogens with two attached hydrogens (primary N) is 1. The van der Waals surface area contributed by atoms with Crippen molar-refractivity contribution in [3.8, 4) is 11.1 Å². The maximum atomic E-state index is 12.5. The lowest BCUT2D eigenvalue weighted by atomic mass is 10.1. The minimum Gasteiger partial charge on any atom is -0.390 e. The third-order valence-corrected chi connectivity index (χ3v) is 7.66. The van der Waals surface area contributed by atoms with Crippen molar-refractivity contribution in [2.24, 2.45) is 0 Å². The van der Waals surface area contributed by atoms with Gasteiger partial charge in [0.2, 0.25) is 10.0 Å². The van der Waals surface area contributed by atoms with E-state index >= 15 is 0 Å². The first-order chi connectivity index (χ1) is 11.9. The SMILES string of the molecule is CN1CCN(S(=O)(=O)CCc2cc(-c3ccccc3Cl)c(N)s2)CC1. The van der Waals surface area contributed by atoms with E-state index in [2.05, 4.69) is 4.90 Å². The molecule has 1 saturated heterocycles. The molecule has 0 bridgehead atoms. The summed E-state index contributed by atoms with van der Waals surface area (Å²) in [6.07, 6.45) is 0.466. The second-order valence-electron chi connectivity index (χ2n) is 6.24. The first-order valence-corrected chi connectivity index (χ1v) is 11.0. The summed E-state index contributed by atoms with van der Waals surface area (Å²) in [6, 6.07) is 9.49. The fourth-order valence-electron chi connectivity index (χ4n) is 2.90. The predicted molar refractivity (Wildman–Crippen MR) is 106 cm³/mol. The van der Waals surface area contributed by atoms with E-state index in [9.17, 15) is 8.42 Å². The van der Waals surface area contributed by atoms with E-state index in [1.54, 1.807) is 4.31 Å². The van der Waals surface area contributed by atoms with Gasteiger partial charge in [0.1, 0.15) is 0 Å². The first-order valence-electron chi connectivity index (χ1n) is 8.16. The smallest absolute Gasteiger partial charge is 0.214 e. The number of hydrogen-bond donors (Lipinski definition) is 1. The number of likely N-dealkylation sites (N-methyl/N-ethyl adjacent to an activating group) is 1. The zero-order chi connectivity index (χ0) is 18.0. The van der Waals surface area contributed by atoms with Gasteiger partial charge >= 0.3 is 0 Å². The van der Waals surface area contributed by atoms with Gasteiger partial charge in [-0.1, -0.05) is 29.8 Å². The highest BCUT2D eigenvalue weighted by molar-refractivity contribution is 7.89. The van der Waals surface area contributed by atoms with Crippen LogP contribution in [0.5, 0.6) is 0 Å². The lowest BCUT2D eigenvalue weighted by molar-refractivity contribution is 0.222. The third-order valence-electron chi connectivity index (χ3n) is 4.44. The molecule has 0 atom stereocenters. The first kappa shape index (κ1) is 18.7. The highest BCUT2D eigenvalue weighted by Crippen LogP contribution is 2.37. The molecule has 0 spiro atoms. The monoisotopic (exact) mass is 399 g/mol. The lowest BCUT2D eigenvalue weighted by Crippen LogP contribution is -2.47. The fraction of sp³-hybridized carbons (Fsp3) is 0.412. The lowest BCUT2D eigenvalue weighted by Gasteiger charge is -2.31. The zero-order valence-electron chi connectivity index (χ0n) is 14.1. The molecule has 0 aliphatic carbocycles. The highest BCUT2D eigenvalue weighted by atomic mass is 35.5. The van der Waals surface area contributed by atoms with Gasteiger partial charge in [-0.3, -0.25) is 0 Å². The van der Waals surface area contributed by atoms with Crippen LogP contribution < -0.4 is 5.73 Å². The van der Waals surface area contributed by atoms with E-state index < -0.39 is 10.0 Å². The molecular weight excluding hydrogens is 378 g/mol. The number of halogens is 1. The van der Waals surface area contributed by atoms with Crippen LogP contribution in [0.4, 0.5) is 5.00 Å². The molecule has 1 fully saturated rings. The van der Waals surface area contributed by atoms with E-state index in [0.29, 0.717) is 29.5 Å². The Balaban J connectivity index is 1.70. The largest absolute Gasteiger partial charge is 0.390 e. The van der Waals surface area contributed by atoms with E-state index in [-0.39, 0.29) is 5.75 Å². The number of hydrogen-bond acceptors (Lipinski definition) is 5. The number of thiophene rings is 1. The molecule has 25 heavy (non-hydrogen) atoms. The number of benzene rings is 1. The van der Waals surface area contributed by atoms with Crippen LogP contribution in [0.2, 0.25) is 5.02 Å². The Morgan fingerprint density at radius 2 is 1.84 bits per heavy atom. The quantitative estimate of drug-likeness (QED) is 0.839. The fourth-order valence-corrected chi connectivity index (χ4v) is 5.66. The number of anilines is 1. The van der Waals surface area contributed by atoms with Crippen molar-refractivity contribution >= 4 is 38.0 Å². The van der Waals surface area contributed by atoms with Crippen molar-refractivity contribution in [2.45, 2.75) is 6.42 Å². The summed E-state index contributed by atoms with van der Waals surface area (Å²) in [5.74, 6) is 0.110. The molecule has 1 aliphatic rings. The Kier molecular flexibility index (Phi) is 5.70. The number of nitrogen functional groups attached to an aromatic ring is 1. The van der Waals surface area contributed by atoms with Gasteiger partial charge in [0.05, 0.1) is 10.8 Å². The summed E-state index contributed by atoms with van der Waals surface area (Å²) in [4.78, 5) is 3.10. The zero-order valence-corrected chi connectivity index (χ0v) is 16.5.